The fourth-order valence-electron chi connectivity index (χ4n) is 2.07. The Hall–Kier alpha value is -0.930. The molecule has 76 valence electrons. The van der Waals surface area contributed by atoms with E-state index in [2.05, 4.69) is 23.3 Å². The Balaban J connectivity index is 2.11. The van der Waals surface area contributed by atoms with Crippen molar-refractivity contribution in [1.82, 2.24) is 10.3 Å². The number of aromatic nitrogens is 1. The summed E-state index contributed by atoms with van der Waals surface area (Å²) in [5.74, 6) is 0. The van der Waals surface area contributed by atoms with Crippen molar-refractivity contribution < 1.29 is 5.11 Å². The van der Waals surface area contributed by atoms with E-state index in [0.717, 1.165) is 18.4 Å². The molecule has 3 atom stereocenters. The van der Waals surface area contributed by atoms with Gasteiger partial charge in [-0.2, -0.15) is 0 Å². The van der Waals surface area contributed by atoms with Gasteiger partial charge in [-0.15, -0.1) is 0 Å². The Bertz CT molecular complexity index is 279. The van der Waals surface area contributed by atoms with Crippen molar-refractivity contribution >= 4 is 0 Å². The van der Waals surface area contributed by atoms with Gasteiger partial charge in [-0.05, 0) is 31.4 Å². The number of aliphatic hydroxyl groups excluding tert-OH is 1. The molecule has 0 radical (unpaired) electrons. The van der Waals surface area contributed by atoms with Gasteiger partial charge in [0.15, 0.2) is 0 Å². The summed E-state index contributed by atoms with van der Waals surface area (Å²) in [6.45, 7) is 2.10. The first kappa shape index (κ1) is 9.62. The van der Waals surface area contributed by atoms with E-state index < -0.39 is 0 Å². The molecule has 1 aliphatic rings. The molecule has 1 fully saturated rings. The molecule has 2 rings (SSSR count). The summed E-state index contributed by atoms with van der Waals surface area (Å²) in [4.78, 5) is 4.09. The van der Waals surface area contributed by atoms with Crippen LogP contribution in [0, 0.1) is 0 Å². The molecule has 0 spiro atoms. The molecule has 3 heteroatoms. The largest absolute Gasteiger partial charge is 0.393 e. The van der Waals surface area contributed by atoms with Crippen LogP contribution in [0.3, 0.4) is 0 Å². The van der Waals surface area contributed by atoms with E-state index in [9.17, 15) is 5.11 Å². The highest BCUT2D eigenvalue weighted by Gasteiger charge is 2.25. The number of nitrogens with zero attached hydrogens (tertiary/aromatic N) is 1. The zero-order valence-corrected chi connectivity index (χ0v) is 8.35. The monoisotopic (exact) mass is 192 g/mol. The molecule has 0 saturated carbocycles. The Labute approximate surface area is 84.2 Å². The third kappa shape index (κ3) is 2.11. The second-order valence-electron chi connectivity index (χ2n) is 4.03. The molecule has 0 bridgehead atoms. The van der Waals surface area contributed by atoms with Crippen molar-refractivity contribution in [3.05, 3.63) is 30.1 Å². The highest BCUT2D eigenvalue weighted by molar-refractivity contribution is 5.15. The maximum Gasteiger partial charge on any atom is 0.0573 e. The van der Waals surface area contributed by atoms with E-state index in [1.165, 1.54) is 0 Å². The molecule has 1 aromatic rings. The van der Waals surface area contributed by atoms with E-state index in [4.69, 9.17) is 0 Å². The summed E-state index contributed by atoms with van der Waals surface area (Å²) in [5, 5.41) is 13.1. The van der Waals surface area contributed by atoms with Gasteiger partial charge < -0.3 is 10.4 Å². The first-order valence-corrected chi connectivity index (χ1v) is 5.09. The van der Waals surface area contributed by atoms with E-state index in [-0.39, 0.29) is 12.1 Å². The van der Waals surface area contributed by atoms with Crippen LogP contribution >= 0.6 is 0 Å². The molecule has 0 amide bonds. The van der Waals surface area contributed by atoms with E-state index in [1.54, 1.807) is 6.20 Å². The highest BCUT2D eigenvalue weighted by atomic mass is 16.3. The number of rotatable bonds is 1. The zero-order valence-electron chi connectivity index (χ0n) is 8.35. The van der Waals surface area contributed by atoms with Crippen molar-refractivity contribution in [2.75, 3.05) is 0 Å². The fraction of sp³-hybridized carbons (Fsp3) is 0.545. The summed E-state index contributed by atoms with van der Waals surface area (Å²) in [6.07, 6.45) is 5.08. The molecule has 2 N–H and O–H groups in total. The van der Waals surface area contributed by atoms with E-state index in [1.807, 2.05) is 12.3 Å². The van der Waals surface area contributed by atoms with Crippen LogP contribution in [0.15, 0.2) is 24.5 Å². The van der Waals surface area contributed by atoms with E-state index in [0.29, 0.717) is 6.04 Å². The number of pyridine rings is 1. The topological polar surface area (TPSA) is 45.2 Å². The van der Waals surface area contributed by atoms with Crippen molar-refractivity contribution in [3.8, 4) is 0 Å². The van der Waals surface area contributed by atoms with Crippen LogP contribution in [0.25, 0.3) is 0 Å². The molecule has 0 unspecified atom stereocenters. The minimum atomic E-state index is -0.184. The second kappa shape index (κ2) is 4.07. The lowest BCUT2D eigenvalue weighted by Crippen LogP contribution is -2.40. The maximum atomic E-state index is 9.65. The Kier molecular flexibility index (Phi) is 2.79. The molecule has 1 aliphatic heterocycles. The first-order chi connectivity index (χ1) is 6.75. The number of piperidine rings is 1. The van der Waals surface area contributed by atoms with Crippen LogP contribution in [-0.4, -0.2) is 22.2 Å². The standard InChI is InChI=1S/C11H16N2O/c1-8-5-10(14)6-11(13-8)9-3-2-4-12-7-9/h2-4,7-8,10-11,13-14H,5-6H2,1H3/t8-,10+,11-/m1/s1. The third-order valence-corrected chi connectivity index (χ3v) is 2.71. The van der Waals surface area contributed by atoms with Gasteiger partial charge in [0, 0.05) is 24.5 Å². The molecule has 3 nitrogen and oxygen atoms in total. The number of aliphatic hydroxyl groups is 1. The van der Waals surface area contributed by atoms with Gasteiger partial charge in [-0.1, -0.05) is 6.07 Å². The Morgan fingerprint density at radius 3 is 3.00 bits per heavy atom. The van der Waals surface area contributed by atoms with Crippen LogP contribution in [-0.2, 0) is 0 Å². The van der Waals surface area contributed by atoms with Crippen molar-refractivity contribution in [3.63, 3.8) is 0 Å². The third-order valence-electron chi connectivity index (χ3n) is 2.71. The molecular formula is C11H16N2O. The molecule has 14 heavy (non-hydrogen) atoms. The summed E-state index contributed by atoms with van der Waals surface area (Å²) in [7, 11) is 0. The number of hydrogen-bond acceptors (Lipinski definition) is 3. The molecule has 1 aromatic heterocycles. The van der Waals surface area contributed by atoms with Crippen LogP contribution in [0.5, 0.6) is 0 Å². The molecule has 1 saturated heterocycles. The number of hydrogen-bond donors (Lipinski definition) is 2. The van der Waals surface area contributed by atoms with Gasteiger partial charge in [-0.3, -0.25) is 4.98 Å². The fourth-order valence-corrected chi connectivity index (χ4v) is 2.07. The summed E-state index contributed by atoms with van der Waals surface area (Å²) < 4.78 is 0. The zero-order chi connectivity index (χ0) is 9.97. The summed E-state index contributed by atoms with van der Waals surface area (Å²) in [6, 6.07) is 4.62. The SMILES string of the molecule is C[C@@H]1C[C@H](O)C[C@H](c2cccnc2)N1. The Morgan fingerprint density at radius 2 is 2.36 bits per heavy atom. The van der Waals surface area contributed by atoms with Gasteiger partial charge in [0.2, 0.25) is 0 Å². The van der Waals surface area contributed by atoms with Gasteiger partial charge in [0.1, 0.15) is 0 Å². The normalized spacial score (nSPS) is 32.9. The lowest BCUT2D eigenvalue weighted by molar-refractivity contribution is 0.0975. The summed E-state index contributed by atoms with van der Waals surface area (Å²) in [5.41, 5.74) is 1.16. The van der Waals surface area contributed by atoms with Crippen molar-refractivity contribution in [2.24, 2.45) is 0 Å². The molecule has 0 aromatic carbocycles. The second-order valence-corrected chi connectivity index (χ2v) is 4.03. The van der Waals surface area contributed by atoms with E-state index >= 15 is 0 Å². The van der Waals surface area contributed by atoms with Crippen LogP contribution < -0.4 is 5.32 Å². The average Bonchev–Trinajstić information content (AvgIpc) is 2.18. The quantitative estimate of drug-likeness (QED) is 0.704. The first-order valence-electron chi connectivity index (χ1n) is 5.09. The van der Waals surface area contributed by atoms with Gasteiger partial charge in [0.05, 0.1) is 6.10 Å². The van der Waals surface area contributed by atoms with Crippen LogP contribution in [0.1, 0.15) is 31.4 Å². The van der Waals surface area contributed by atoms with Gasteiger partial charge in [0.25, 0.3) is 0 Å². The average molecular weight is 192 g/mol. The smallest absolute Gasteiger partial charge is 0.0573 e. The molecule has 2 heterocycles. The molecular weight excluding hydrogens is 176 g/mol. The van der Waals surface area contributed by atoms with Gasteiger partial charge >= 0.3 is 0 Å². The minimum Gasteiger partial charge on any atom is -0.393 e. The van der Waals surface area contributed by atoms with Crippen LogP contribution in [0.4, 0.5) is 0 Å². The van der Waals surface area contributed by atoms with Gasteiger partial charge in [-0.25, -0.2) is 0 Å². The molecule has 0 aliphatic carbocycles. The Morgan fingerprint density at radius 1 is 1.50 bits per heavy atom. The summed E-state index contributed by atoms with van der Waals surface area (Å²) >= 11 is 0. The number of nitrogens with one attached hydrogen (secondary N) is 1. The predicted octanol–water partition coefficient (Wildman–Crippen LogP) is 1.26. The maximum absolute atomic E-state index is 9.65. The van der Waals surface area contributed by atoms with Crippen LogP contribution in [0.2, 0.25) is 0 Å². The van der Waals surface area contributed by atoms with Crippen molar-refractivity contribution in [1.29, 1.82) is 0 Å². The highest BCUT2D eigenvalue weighted by Crippen LogP contribution is 2.24. The lowest BCUT2D eigenvalue weighted by Gasteiger charge is -2.32. The predicted molar refractivity (Wildman–Crippen MR) is 54.8 cm³/mol. The minimum absolute atomic E-state index is 0.184. The van der Waals surface area contributed by atoms with Crippen molar-refractivity contribution in [2.45, 2.75) is 38.0 Å². The lowest BCUT2D eigenvalue weighted by atomic mass is 9.93.